The molecule has 2 atom stereocenters. The minimum Gasteiger partial charge on any atom is -0.480 e. The molecule has 1 heterocycles. The lowest BCUT2D eigenvalue weighted by Crippen LogP contribution is -2.44. The first-order chi connectivity index (χ1) is 10.6. The highest BCUT2D eigenvalue weighted by atomic mass is 16.6. The summed E-state index contributed by atoms with van der Waals surface area (Å²) >= 11 is 0. The Kier molecular flexibility index (Phi) is 4.66. The number of β-amino-alcohol motifs (C(OH)–C–C–N with tert-alkyl or cyclic N) is 1. The van der Waals surface area contributed by atoms with Crippen LogP contribution in [-0.2, 0) is 16.0 Å². The van der Waals surface area contributed by atoms with Crippen molar-refractivity contribution >= 4 is 12.1 Å². The monoisotopic (exact) mass is 321 g/mol. The lowest BCUT2D eigenvalue weighted by atomic mass is 9.92. The minimum atomic E-state index is -1.28. The number of likely N-dealkylation sites (tertiary alicyclic amines) is 1. The molecule has 1 aliphatic heterocycles. The Hall–Kier alpha value is -2.08. The van der Waals surface area contributed by atoms with Gasteiger partial charge in [-0.2, -0.15) is 0 Å². The number of ether oxygens (including phenoxy) is 1. The van der Waals surface area contributed by atoms with Gasteiger partial charge in [0, 0.05) is 12.8 Å². The van der Waals surface area contributed by atoms with Crippen LogP contribution in [0.15, 0.2) is 30.3 Å². The van der Waals surface area contributed by atoms with Crippen LogP contribution in [-0.4, -0.2) is 51.0 Å². The van der Waals surface area contributed by atoms with Gasteiger partial charge in [-0.3, -0.25) is 4.90 Å². The molecule has 2 N–H and O–H groups in total. The van der Waals surface area contributed by atoms with Crippen LogP contribution in [0.2, 0.25) is 0 Å². The minimum absolute atomic E-state index is 0.0174. The van der Waals surface area contributed by atoms with Crippen LogP contribution in [0.4, 0.5) is 4.79 Å². The molecular formula is C17H23NO5. The highest BCUT2D eigenvalue weighted by Gasteiger charge is 2.49. The predicted octanol–water partition coefficient (Wildman–Crippen LogP) is 2.05. The maximum absolute atomic E-state index is 12.2. The first kappa shape index (κ1) is 17.3. The maximum Gasteiger partial charge on any atom is 0.411 e. The largest absolute Gasteiger partial charge is 0.480 e. The summed E-state index contributed by atoms with van der Waals surface area (Å²) in [6.07, 6.45) is -0.443. The second kappa shape index (κ2) is 6.20. The Morgan fingerprint density at radius 2 is 1.91 bits per heavy atom. The van der Waals surface area contributed by atoms with Gasteiger partial charge in [-0.1, -0.05) is 30.3 Å². The number of carbonyl (C=O) groups is 2. The average molecular weight is 321 g/mol. The van der Waals surface area contributed by atoms with Gasteiger partial charge in [0.05, 0.1) is 12.1 Å². The molecule has 0 aromatic heterocycles. The van der Waals surface area contributed by atoms with E-state index in [9.17, 15) is 19.8 Å². The number of carboxylic acids is 1. The van der Waals surface area contributed by atoms with E-state index in [1.807, 2.05) is 30.3 Å². The zero-order chi connectivity index (χ0) is 17.3. The standard InChI is InChI=1S/C17H23NO5/c1-16(2,3)23-15(21)18-11-17(22,10-13(18)14(19)20)9-12-7-5-4-6-8-12/h4-8,13,22H,9-11H2,1-3H3,(H,19,20). The molecule has 6 heteroatoms. The number of aliphatic hydroxyl groups is 1. The lowest BCUT2D eigenvalue weighted by Gasteiger charge is -2.27. The van der Waals surface area contributed by atoms with E-state index in [2.05, 4.69) is 0 Å². The second-order valence-electron chi connectivity index (χ2n) is 7.05. The van der Waals surface area contributed by atoms with Gasteiger partial charge in [-0.25, -0.2) is 9.59 Å². The first-order valence-electron chi connectivity index (χ1n) is 7.58. The van der Waals surface area contributed by atoms with Crippen LogP contribution in [0.1, 0.15) is 32.8 Å². The molecule has 126 valence electrons. The first-order valence-corrected chi connectivity index (χ1v) is 7.58. The Balaban J connectivity index is 2.17. The van der Waals surface area contributed by atoms with E-state index in [-0.39, 0.29) is 19.4 Å². The zero-order valence-electron chi connectivity index (χ0n) is 13.7. The Morgan fingerprint density at radius 3 is 2.43 bits per heavy atom. The van der Waals surface area contributed by atoms with E-state index >= 15 is 0 Å². The molecule has 1 aliphatic rings. The van der Waals surface area contributed by atoms with Crippen molar-refractivity contribution in [2.24, 2.45) is 0 Å². The molecule has 1 amide bonds. The number of hydrogen-bond acceptors (Lipinski definition) is 4. The number of benzene rings is 1. The Morgan fingerprint density at radius 1 is 1.30 bits per heavy atom. The summed E-state index contributed by atoms with van der Waals surface area (Å²) in [6.45, 7) is 5.08. The Bertz CT molecular complexity index is 580. The quantitative estimate of drug-likeness (QED) is 0.890. The molecule has 0 spiro atoms. The van der Waals surface area contributed by atoms with Gasteiger partial charge in [0.25, 0.3) is 0 Å². The summed E-state index contributed by atoms with van der Waals surface area (Å²) in [5, 5.41) is 20.1. The van der Waals surface area contributed by atoms with Crippen molar-refractivity contribution in [2.45, 2.75) is 50.9 Å². The molecule has 6 nitrogen and oxygen atoms in total. The summed E-state index contributed by atoms with van der Waals surface area (Å²) < 4.78 is 5.26. The van der Waals surface area contributed by atoms with Crippen LogP contribution in [0.25, 0.3) is 0 Å². The molecule has 0 aliphatic carbocycles. The van der Waals surface area contributed by atoms with E-state index in [1.165, 1.54) is 0 Å². The number of nitrogens with zero attached hydrogens (tertiary/aromatic N) is 1. The topological polar surface area (TPSA) is 87.1 Å². The summed E-state index contributed by atoms with van der Waals surface area (Å²) in [6, 6.07) is 8.23. The third-order valence-electron chi connectivity index (χ3n) is 3.70. The van der Waals surface area contributed by atoms with E-state index in [4.69, 9.17) is 4.74 Å². The molecular weight excluding hydrogens is 298 g/mol. The molecule has 2 rings (SSSR count). The lowest BCUT2D eigenvalue weighted by molar-refractivity contribution is -0.142. The van der Waals surface area contributed by atoms with Crippen molar-refractivity contribution in [3.05, 3.63) is 35.9 Å². The number of aliphatic carboxylic acids is 1. The molecule has 1 aromatic rings. The van der Waals surface area contributed by atoms with Crippen molar-refractivity contribution in [3.8, 4) is 0 Å². The van der Waals surface area contributed by atoms with E-state index in [0.717, 1.165) is 10.5 Å². The fraction of sp³-hybridized carbons (Fsp3) is 0.529. The van der Waals surface area contributed by atoms with E-state index < -0.39 is 29.3 Å². The third kappa shape index (κ3) is 4.45. The smallest absolute Gasteiger partial charge is 0.411 e. The van der Waals surface area contributed by atoms with Gasteiger partial charge >= 0.3 is 12.1 Å². The third-order valence-corrected chi connectivity index (χ3v) is 3.70. The molecule has 0 radical (unpaired) electrons. The number of hydrogen-bond donors (Lipinski definition) is 2. The molecule has 0 saturated carbocycles. The molecule has 0 bridgehead atoms. The molecule has 2 unspecified atom stereocenters. The van der Waals surface area contributed by atoms with Gasteiger partial charge < -0.3 is 14.9 Å². The van der Waals surface area contributed by atoms with Crippen molar-refractivity contribution in [1.29, 1.82) is 0 Å². The maximum atomic E-state index is 12.2. The number of carbonyl (C=O) groups excluding carboxylic acids is 1. The number of rotatable bonds is 3. The van der Waals surface area contributed by atoms with Crippen LogP contribution in [0.5, 0.6) is 0 Å². The highest BCUT2D eigenvalue weighted by molar-refractivity contribution is 5.81. The highest BCUT2D eigenvalue weighted by Crippen LogP contribution is 2.31. The van der Waals surface area contributed by atoms with E-state index in [1.54, 1.807) is 20.8 Å². The van der Waals surface area contributed by atoms with Crippen LogP contribution in [0, 0.1) is 0 Å². The van der Waals surface area contributed by atoms with Gasteiger partial charge in [0.2, 0.25) is 0 Å². The molecule has 23 heavy (non-hydrogen) atoms. The van der Waals surface area contributed by atoms with Crippen molar-refractivity contribution in [3.63, 3.8) is 0 Å². The van der Waals surface area contributed by atoms with Crippen LogP contribution >= 0.6 is 0 Å². The zero-order valence-corrected chi connectivity index (χ0v) is 13.7. The molecule has 1 aromatic carbocycles. The molecule has 1 saturated heterocycles. The van der Waals surface area contributed by atoms with Crippen LogP contribution < -0.4 is 0 Å². The van der Waals surface area contributed by atoms with E-state index in [0.29, 0.717) is 0 Å². The van der Waals surface area contributed by atoms with Gasteiger partial charge in [-0.05, 0) is 26.3 Å². The van der Waals surface area contributed by atoms with Gasteiger partial charge in [0.1, 0.15) is 11.6 Å². The van der Waals surface area contributed by atoms with Crippen molar-refractivity contribution in [1.82, 2.24) is 4.90 Å². The summed E-state index contributed by atoms with van der Waals surface area (Å²) in [7, 11) is 0. The molecule has 1 fully saturated rings. The summed E-state index contributed by atoms with van der Waals surface area (Å²) in [4.78, 5) is 24.8. The van der Waals surface area contributed by atoms with Crippen molar-refractivity contribution in [2.75, 3.05) is 6.54 Å². The summed E-state index contributed by atoms with van der Waals surface area (Å²) in [5.41, 5.74) is -1.10. The number of carboxylic acid groups (broad SMARTS) is 1. The van der Waals surface area contributed by atoms with Crippen molar-refractivity contribution < 1.29 is 24.5 Å². The second-order valence-corrected chi connectivity index (χ2v) is 7.05. The average Bonchev–Trinajstić information content (AvgIpc) is 2.76. The normalized spacial score (nSPS) is 24.5. The SMILES string of the molecule is CC(C)(C)OC(=O)N1CC(O)(Cc2ccccc2)CC1C(=O)O. The fourth-order valence-electron chi connectivity index (χ4n) is 2.80. The van der Waals surface area contributed by atoms with Gasteiger partial charge in [0.15, 0.2) is 0 Å². The predicted molar refractivity (Wildman–Crippen MR) is 84.1 cm³/mol. The summed E-state index contributed by atoms with van der Waals surface area (Å²) in [5.74, 6) is -1.14. The Labute approximate surface area is 135 Å². The van der Waals surface area contributed by atoms with Gasteiger partial charge in [-0.15, -0.1) is 0 Å². The number of amides is 1. The fourth-order valence-corrected chi connectivity index (χ4v) is 2.80. The van der Waals surface area contributed by atoms with Crippen LogP contribution in [0.3, 0.4) is 0 Å².